The highest BCUT2D eigenvalue weighted by Crippen LogP contribution is 2.13. The molecular weight excluding hydrogens is 252 g/mol. The van der Waals surface area contributed by atoms with E-state index in [9.17, 15) is 9.59 Å². The van der Waals surface area contributed by atoms with Crippen LogP contribution in [0.5, 0.6) is 0 Å². The largest absolute Gasteiger partial charge is 0.353 e. The molecule has 1 rings (SSSR count). The number of alkyl halides is 1. The molecule has 1 aliphatic heterocycles. The van der Waals surface area contributed by atoms with Crippen molar-refractivity contribution in [2.75, 3.05) is 13.1 Å². The standard InChI is InChI=1S/C13H23ClN2O2/c1-3-4-5-12(17)15-11-6-8-16(9-7-11)13(18)10(2)14/h10-11H,3-9H2,1-2H3,(H,15,17). The predicted molar refractivity (Wildman–Crippen MR) is 72.6 cm³/mol. The number of likely N-dealkylation sites (tertiary alicyclic amines) is 1. The highest BCUT2D eigenvalue weighted by atomic mass is 35.5. The van der Waals surface area contributed by atoms with E-state index >= 15 is 0 Å². The monoisotopic (exact) mass is 274 g/mol. The van der Waals surface area contributed by atoms with Gasteiger partial charge in [-0.05, 0) is 26.2 Å². The van der Waals surface area contributed by atoms with Crippen LogP contribution in [-0.2, 0) is 9.59 Å². The fourth-order valence-corrected chi connectivity index (χ4v) is 2.27. The van der Waals surface area contributed by atoms with Gasteiger partial charge in [-0.2, -0.15) is 0 Å². The van der Waals surface area contributed by atoms with E-state index in [1.165, 1.54) is 0 Å². The number of halogens is 1. The highest BCUT2D eigenvalue weighted by molar-refractivity contribution is 6.30. The molecule has 0 saturated carbocycles. The first kappa shape index (κ1) is 15.3. The highest BCUT2D eigenvalue weighted by Gasteiger charge is 2.25. The van der Waals surface area contributed by atoms with Crippen LogP contribution in [0.2, 0.25) is 0 Å². The van der Waals surface area contributed by atoms with Crippen molar-refractivity contribution in [3.8, 4) is 0 Å². The summed E-state index contributed by atoms with van der Waals surface area (Å²) in [5, 5.41) is 2.57. The molecule has 0 bridgehead atoms. The fourth-order valence-electron chi connectivity index (χ4n) is 2.13. The lowest BCUT2D eigenvalue weighted by Gasteiger charge is -2.33. The van der Waals surface area contributed by atoms with E-state index in [1.807, 2.05) is 0 Å². The summed E-state index contributed by atoms with van der Waals surface area (Å²) in [6.07, 6.45) is 4.23. The molecule has 1 heterocycles. The van der Waals surface area contributed by atoms with E-state index in [0.717, 1.165) is 25.7 Å². The zero-order chi connectivity index (χ0) is 13.5. The number of amides is 2. The number of carbonyl (C=O) groups is 2. The van der Waals surface area contributed by atoms with Crippen molar-refractivity contribution < 1.29 is 9.59 Å². The molecule has 0 aliphatic carbocycles. The third-order valence-electron chi connectivity index (χ3n) is 3.27. The minimum absolute atomic E-state index is 0.00701. The second-order valence-electron chi connectivity index (χ2n) is 4.89. The van der Waals surface area contributed by atoms with E-state index < -0.39 is 5.38 Å². The van der Waals surface area contributed by atoms with Gasteiger partial charge < -0.3 is 10.2 Å². The Labute approximate surface area is 114 Å². The molecule has 1 unspecified atom stereocenters. The van der Waals surface area contributed by atoms with Gasteiger partial charge in [-0.3, -0.25) is 9.59 Å². The second kappa shape index (κ2) is 7.62. The molecule has 104 valence electrons. The molecule has 2 amide bonds. The maximum absolute atomic E-state index is 11.7. The van der Waals surface area contributed by atoms with Gasteiger partial charge in [-0.25, -0.2) is 0 Å². The van der Waals surface area contributed by atoms with Crippen molar-refractivity contribution in [3.63, 3.8) is 0 Å². The summed E-state index contributed by atoms with van der Waals surface area (Å²) in [6, 6.07) is 0.212. The van der Waals surface area contributed by atoms with Crippen LogP contribution in [-0.4, -0.2) is 41.2 Å². The molecule has 0 radical (unpaired) electrons. The molecule has 18 heavy (non-hydrogen) atoms. The van der Waals surface area contributed by atoms with Crippen LogP contribution in [0.25, 0.3) is 0 Å². The molecule has 1 fully saturated rings. The van der Waals surface area contributed by atoms with Crippen molar-refractivity contribution in [1.82, 2.24) is 10.2 Å². The van der Waals surface area contributed by atoms with Gasteiger partial charge in [0.1, 0.15) is 5.38 Å². The summed E-state index contributed by atoms with van der Waals surface area (Å²) >= 11 is 5.78. The van der Waals surface area contributed by atoms with E-state index in [2.05, 4.69) is 12.2 Å². The molecule has 0 aromatic heterocycles. The smallest absolute Gasteiger partial charge is 0.240 e. The van der Waals surface area contributed by atoms with E-state index in [1.54, 1.807) is 11.8 Å². The van der Waals surface area contributed by atoms with Crippen molar-refractivity contribution in [2.24, 2.45) is 0 Å². The second-order valence-corrected chi connectivity index (χ2v) is 5.54. The summed E-state index contributed by atoms with van der Waals surface area (Å²) in [6.45, 7) is 5.15. The van der Waals surface area contributed by atoms with E-state index in [4.69, 9.17) is 11.6 Å². The minimum atomic E-state index is -0.458. The predicted octanol–water partition coefficient (Wildman–Crippen LogP) is 1.91. The van der Waals surface area contributed by atoms with E-state index in [0.29, 0.717) is 19.5 Å². The van der Waals surface area contributed by atoms with Crippen LogP contribution in [0.1, 0.15) is 46.0 Å². The van der Waals surface area contributed by atoms with Crippen molar-refractivity contribution >= 4 is 23.4 Å². The summed E-state index contributed by atoms with van der Waals surface area (Å²) in [7, 11) is 0. The average Bonchev–Trinajstić information content (AvgIpc) is 2.36. The van der Waals surface area contributed by atoms with Gasteiger partial charge >= 0.3 is 0 Å². The molecule has 0 aromatic rings. The van der Waals surface area contributed by atoms with E-state index in [-0.39, 0.29) is 17.9 Å². The number of carbonyl (C=O) groups excluding carboxylic acids is 2. The Morgan fingerprint density at radius 2 is 2.00 bits per heavy atom. The molecule has 1 saturated heterocycles. The van der Waals surface area contributed by atoms with Crippen LogP contribution in [0.3, 0.4) is 0 Å². The maximum Gasteiger partial charge on any atom is 0.240 e. The summed E-state index contributed by atoms with van der Waals surface area (Å²) in [4.78, 5) is 25.0. The van der Waals surface area contributed by atoms with Crippen LogP contribution in [0.4, 0.5) is 0 Å². The topological polar surface area (TPSA) is 49.4 Å². The molecular formula is C13H23ClN2O2. The summed E-state index contributed by atoms with van der Waals surface area (Å²) in [5.41, 5.74) is 0. The zero-order valence-electron chi connectivity index (χ0n) is 11.2. The Kier molecular flexibility index (Phi) is 6.47. The number of hydrogen-bond donors (Lipinski definition) is 1. The normalized spacial score (nSPS) is 18.5. The third-order valence-corrected chi connectivity index (χ3v) is 3.46. The van der Waals surface area contributed by atoms with Crippen molar-refractivity contribution in [2.45, 2.75) is 57.4 Å². The molecule has 1 aliphatic rings. The number of nitrogens with zero attached hydrogens (tertiary/aromatic N) is 1. The SMILES string of the molecule is CCCCC(=O)NC1CCN(C(=O)C(C)Cl)CC1. The van der Waals surface area contributed by atoms with Gasteiger partial charge in [0.15, 0.2) is 0 Å². The lowest BCUT2D eigenvalue weighted by Crippen LogP contribution is -2.48. The molecule has 1 atom stereocenters. The first-order chi connectivity index (χ1) is 8.54. The Balaban J connectivity index is 2.27. The maximum atomic E-state index is 11.7. The van der Waals surface area contributed by atoms with Crippen molar-refractivity contribution in [3.05, 3.63) is 0 Å². The first-order valence-corrected chi connectivity index (χ1v) is 7.20. The van der Waals surface area contributed by atoms with Crippen LogP contribution >= 0.6 is 11.6 Å². The molecule has 0 aromatic carbocycles. The number of rotatable bonds is 5. The molecule has 4 nitrogen and oxygen atoms in total. The Morgan fingerprint density at radius 1 is 1.39 bits per heavy atom. The lowest BCUT2D eigenvalue weighted by molar-refractivity contribution is -0.131. The third kappa shape index (κ3) is 4.84. The van der Waals surface area contributed by atoms with Crippen LogP contribution < -0.4 is 5.32 Å². The van der Waals surface area contributed by atoms with Gasteiger partial charge in [0.2, 0.25) is 11.8 Å². The lowest BCUT2D eigenvalue weighted by atomic mass is 10.0. The summed E-state index contributed by atoms with van der Waals surface area (Å²) < 4.78 is 0. The Morgan fingerprint density at radius 3 is 2.50 bits per heavy atom. The van der Waals surface area contributed by atoms with Gasteiger partial charge in [-0.15, -0.1) is 11.6 Å². The van der Waals surface area contributed by atoms with Crippen LogP contribution in [0, 0.1) is 0 Å². The minimum Gasteiger partial charge on any atom is -0.353 e. The molecule has 0 spiro atoms. The number of nitrogens with one attached hydrogen (secondary N) is 1. The van der Waals surface area contributed by atoms with Gasteiger partial charge in [-0.1, -0.05) is 13.3 Å². The first-order valence-electron chi connectivity index (χ1n) is 6.76. The molecule has 1 N–H and O–H groups in total. The van der Waals surface area contributed by atoms with Gasteiger partial charge in [0, 0.05) is 25.6 Å². The number of unbranched alkanes of at least 4 members (excludes halogenated alkanes) is 1. The fraction of sp³-hybridized carbons (Fsp3) is 0.846. The average molecular weight is 275 g/mol. The van der Waals surface area contributed by atoms with Gasteiger partial charge in [0.05, 0.1) is 0 Å². The van der Waals surface area contributed by atoms with Crippen molar-refractivity contribution in [1.29, 1.82) is 0 Å². The van der Waals surface area contributed by atoms with Crippen LogP contribution in [0.15, 0.2) is 0 Å². The Bertz CT molecular complexity index is 287. The zero-order valence-corrected chi connectivity index (χ0v) is 12.0. The molecule has 5 heteroatoms. The van der Waals surface area contributed by atoms with Gasteiger partial charge in [0.25, 0.3) is 0 Å². The quantitative estimate of drug-likeness (QED) is 0.779. The number of hydrogen-bond acceptors (Lipinski definition) is 2. The Hall–Kier alpha value is -0.770. The summed E-state index contributed by atoms with van der Waals surface area (Å²) in [5.74, 6) is 0.125. The number of piperidine rings is 1.